The standard InChI is InChI=1S/C23H38O/c1-2-3-4-5-6-7-8-9-10-11-12-16-19-23(24)21-20-22-17-14-13-15-18-22/h13-15,17-18H,2-12,16,19-21H2,1H3. The minimum absolute atomic E-state index is 0.436. The smallest absolute Gasteiger partial charge is 0.133 e. The monoisotopic (exact) mass is 330 g/mol. The lowest BCUT2D eigenvalue weighted by Gasteiger charge is -2.03. The van der Waals surface area contributed by atoms with Gasteiger partial charge in [-0.3, -0.25) is 4.79 Å². The van der Waals surface area contributed by atoms with Crippen LogP contribution in [-0.4, -0.2) is 5.78 Å². The number of aryl methyl sites for hydroxylation is 1. The second-order valence-electron chi connectivity index (χ2n) is 7.16. The van der Waals surface area contributed by atoms with Gasteiger partial charge in [-0.25, -0.2) is 0 Å². The van der Waals surface area contributed by atoms with Crippen molar-refractivity contribution in [2.75, 3.05) is 0 Å². The molecule has 136 valence electrons. The molecule has 0 saturated carbocycles. The Kier molecular flexibility index (Phi) is 13.4. The number of benzene rings is 1. The highest BCUT2D eigenvalue weighted by Gasteiger charge is 2.02. The Labute approximate surface area is 150 Å². The van der Waals surface area contributed by atoms with Crippen molar-refractivity contribution in [1.82, 2.24) is 0 Å². The maximum Gasteiger partial charge on any atom is 0.133 e. The number of unbranched alkanes of at least 4 members (excludes halogenated alkanes) is 11. The Morgan fingerprint density at radius 1 is 0.667 bits per heavy atom. The van der Waals surface area contributed by atoms with Gasteiger partial charge < -0.3 is 0 Å². The summed E-state index contributed by atoms with van der Waals surface area (Å²) in [4.78, 5) is 11.9. The molecule has 0 fully saturated rings. The van der Waals surface area contributed by atoms with Crippen molar-refractivity contribution in [2.45, 2.75) is 103 Å². The van der Waals surface area contributed by atoms with Gasteiger partial charge in [0.2, 0.25) is 0 Å². The van der Waals surface area contributed by atoms with Gasteiger partial charge in [-0.2, -0.15) is 0 Å². The molecular weight excluding hydrogens is 292 g/mol. The van der Waals surface area contributed by atoms with Crippen LogP contribution in [0.2, 0.25) is 0 Å². The molecule has 0 N–H and O–H groups in total. The molecule has 0 aliphatic carbocycles. The molecule has 0 spiro atoms. The summed E-state index contributed by atoms with van der Waals surface area (Å²) in [5, 5.41) is 0. The number of carbonyl (C=O) groups excluding carboxylic acids is 1. The summed E-state index contributed by atoms with van der Waals surface area (Å²) in [6.45, 7) is 2.27. The van der Waals surface area contributed by atoms with E-state index in [0.717, 1.165) is 19.3 Å². The van der Waals surface area contributed by atoms with Crippen LogP contribution in [0, 0.1) is 0 Å². The summed E-state index contributed by atoms with van der Waals surface area (Å²) in [5.41, 5.74) is 1.28. The highest BCUT2D eigenvalue weighted by molar-refractivity contribution is 5.78. The summed E-state index contributed by atoms with van der Waals surface area (Å²) in [6, 6.07) is 10.3. The van der Waals surface area contributed by atoms with Gasteiger partial charge in [0.15, 0.2) is 0 Å². The van der Waals surface area contributed by atoms with Crippen molar-refractivity contribution < 1.29 is 4.79 Å². The Hall–Kier alpha value is -1.11. The third kappa shape index (κ3) is 12.3. The van der Waals surface area contributed by atoms with E-state index < -0.39 is 0 Å². The molecule has 0 bridgehead atoms. The molecule has 24 heavy (non-hydrogen) atoms. The lowest BCUT2D eigenvalue weighted by Crippen LogP contribution is -2.00. The summed E-state index contributed by atoms with van der Waals surface area (Å²) in [6.07, 6.45) is 18.6. The molecule has 0 aliphatic rings. The van der Waals surface area contributed by atoms with Crippen molar-refractivity contribution in [2.24, 2.45) is 0 Å². The molecule has 0 saturated heterocycles. The fraction of sp³-hybridized carbons (Fsp3) is 0.696. The van der Waals surface area contributed by atoms with E-state index in [1.54, 1.807) is 0 Å². The Morgan fingerprint density at radius 3 is 1.71 bits per heavy atom. The van der Waals surface area contributed by atoms with Gasteiger partial charge in [0.05, 0.1) is 0 Å². The van der Waals surface area contributed by atoms with E-state index >= 15 is 0 Å². The molecule has 1 nitrogen and oxygen atoms in total. The fourth-order valence-corrected chi connectivity index (χ4v) is 3.22. The predicted molar refractivity (Wildman–Crippen MR) is 105 cm³/mol. The normalized spacial score (nSPS) is 10.9. The first-order valence-corrected chi connectivity index (χ1v) is 10.4. The van der Waals surface area contributed by atoms with Crippen molar-refractivity contribution >= 4 is 5.78 Å². The van der Waals surface area contributed by atoms with Crippen LogP contribution < -0.4 is 0 Å². The number of rotatable bonds is 16. The third-order valence-corrected chi connectivity index (χ3v) is 4.84. The highest BCUT2D eigenvalue weighted by Crippen LogP contribution is 2.13. The lowest BCUT2D eigenvalue weighted by molar-refractivity contribution is -0.119. The van der Waals surface area contributed by atoms with Gasteiger partial charge in [0, 0.05) is 12.8 Å². The van der Waals surface area contributed by atoms with Crippen LogP contribution in [0.5, 0.6) is 0 Å². The van der Waals surface area contributed by atoms with Crippen LogP contribution in [0.4, 0.5) is 0 Å². The zero-order valence-electron chi connectivity index (χ0n) is 15.9. The van der Waals surface area contributed by atoms with E-state index in [1.165, 1.54) is 76.2 Å². The van der Waals surface area contributed by atoms with Crippen LogP contribution in [0.3, 0.4) is 0 Å². The molecule has 0 heterocycles. The zero-order chi connectivity index (χ0) is 17.3. The minimum Gasteiger partial charge on any atom is -0.300 e. The molecule has 0 radical (unpaired) electrons. The average Bonchev–Trinajstić information content (AvgIpc) is 2.62. The lowest BCUT2D eigenvalue weighted by atomic mass is 10.0. The van der Waals surface area contributed by atoms with Gasteiger partial charge in [0.25, 0.3) is 0 Å². The SMILES string of the molecule is CCCCCCCCCCCCCCC(=O)CCc1ccccc1. The summed E-state index contributed by atoms with van der Waals surface area (Å²) >= 11 is 0. The molecule has 1 rings (SSSR count). The molecule has 0 atom stereocenters. The van der Waals surface area contributed by atoms with E-state index in [1.807, 2.05) is 18.2 Å². The summed E-state index contributed by atoms with van der Waals surface area (Å²) < 4.78 is 0. The van der Waals surface area contributed by atoms with Gasteiger partial charge in [0.1, 0.15) is 5.78 Å². The Balaban J connectivity index is 1.82. The average molecular weight is 331 g/mol. The summed E-state index contributed by atoms with van der Waals surface area (Å²) in [5.74, 6) is 0.436. The van der Waals surface area contributed by atoms with E-state index in [4.69, 9.17) is 0 Å². The van der Waals surface area contributed by atoms with Crippen LogP contribution in [0.15, 0.2) is 30.3 Å². The number of hydrogen-bond acceptors (Lipinski definition) is 1. The zero-order valence-corrected chi connectivity index (χ0v) is 15.9. The first-order chi connectivity index (χ1) is 11.8. The van der Waals surface area contributed by atoms with Crippen LogP contribution in [0.1, 0.15) is 102 Å². The van der Waals surface area contributed by atoms with Crippen molar-refractivity contribution in [3.63, 3.8) is 0 Å². The van der Waals surface area contributed by atoms with Gasteiger partial charge in [-0.1, -0.05) is 108 Å². The minimum atomic E-state index is 0.436. The fourth-order valence-electron chi connectivity index (χ4n) is 3.22. The first kappa shape index (κ1) is 20.9. The van der Waals surface area contributed by atoms with Crippen LogP contribution >= 0.6 is 0 Å². The number of hydrogen-bond donors (Lipinski definition) is 0. The molecule has 0 unspecified atom stereocenters. The molecule has 1 aromatic rings. The Bertz CT molecular complexity index is 396. The third-order valence-electron chi connectivity index (χ3n) is 4.84. The second-order valence-corrected chi connectivity index (χ2v) is 7.16. The quantitative estimate of drug-likeness (QED) is 0.291. The van der Waals surface area contributed by atoms with E-state index in [-0.39, 0.29) is 0 Å². The first-order valence-electron chi connectivity index (χ1n) is 10.4. The van der Waals surface area contributed by atoms with Crippen molar-refractivity contribution in [3.05, 3.63) is 35.9 Å². The molecule has 0 amide bonds. The number of carbonyl (C=O) groups is 1. The maximum absolute atomic E-state index is 11.9. The Morgan fingerprint density at radius 2 is 1.17 bits per heavy atom. The molecule has 1 aromatic carbocycles. The van der Waals surface area contributed by atoms with Crippen molar-refractivity contribution in [1.29, 1.82) is 0 Å². The van der Waals surface area contributed by atoms with Crippen molar-refractivity contribution in [3.8, 4) is 0 Å². The van der Waals surface area contributed by atoms with Gasteiger partial charge in [-0.05, 0) is 18.4 Å². The topological polar surface area (TPSA) is 17.1 Å². The number of ketones is 1. The maximum atomic E-state index is 11.9. The van der Waals surface area contributed by atoms with Crippen LogP contribution in [0.25, 0.3) is 0 Å². The second kappa shape index (κ2) is 15.4. The van der Waals surface area contributed by atoms with Crippen LogP contribution in [-0.2, 0) is 11.2 Å². The van der Waals surface area contributed by atoms with E-state index in [2.05, 4.69) is 19.1 Å². The van der Waals surface area contributed by atoms with E-state index in [9.17, 15) is 4.79 Å². The molecule has 0 aliphatic heterocycles. The predicted octanol–water partition coefficient (Wildman–Crippen LogP) is 7.28. The molecule has 0 aromatic heterocycles. The summed E-state index contributed by atoms with van der Waals surface area (Å²) in [7, 11) is 0. The molecule has 1 heteroatoms. The van der Waals surface area contributed by atoms with Gasteiger partial charge in [-0.15, -0.1) is 0 Å². The number of Topliss-reactive ketones (excluding diaryl/α,β-unsaturated/α-hetero) is 1. The van der Waals surface area contributed by atoms with Gasteiger partial charge >= 0.3 is 0 Å². The van der Waals surface area contributed by atoms with E-state index in [0.29, 0.717) is 12.2 Å². The largest absolute Gasteiger partial charge is 0.300 e. The molecular formula is C23H38O. The highest BCUT2D eigenvalue weighted by atomic mass is 16.1.